The molecule has 0 amide bonds. The van der Waals surface area contributed by atoms with Crippen LogP contribution in [0.5, 0.6) is 0 Å². The Morgan fingerprint density at radius 3 is 2.76 bits per heavy atom. The Labute approximate surface area is 122 Å². The Morgan fingerprint density at radius 2 is 2.14 bits per heavy atom. The summed E-state index contributed by atoms with van der Waals surface area (Å²) in [6.45, 7) is 2.21. The zero-order chi connectivity index (χ0) is 15.5. The number of hydrogen-bond acceptors (Lipinski definition) is 3. The van der Waals surface area contributed by atoms with Gasteiger partial charge in [0.1, 0.15) is 0 Å². The fourth-order valence-electron chi connectivity index (χ4n) is 2.84. The predicted molar refractivity (Wildman–Crippen MR) is 74.8 cm³/mol. The van der Waals surface area contributed by atoms with Crippen LogP contribution in [0.1, 0.15) is 30.4 Å². The van der Waals surface area contributed by atoms with E-state index in [-0.39, 0.29) is 5.56 Å². The molecule has 1 heterocycles. The Kier molecular flexibility index (Phi) is 4.73. The molecule has 6 heteroatoms. The molecule has 0 spiro atoms. The number of rotatable bonds is 3. The van der Waals surface area contributed by atoms with Gasteiger partial charge < -0.3 is 10.6 Å². The van der Waals surface area contributed by atoms with E-state index in [4.69, 9.17) is 11.0 Å². The maximum atomic E-state index is 12.8. The quantitative estimate of drug-likeness (QED) is 0.932. The van der Waals surface area contributed by atoms with Crippen molar-refractivity contribution in [2.75, 3.05) is 24.5 Å². The molecule has 2 rings (SSSR count). The van der Waals surface area contributed by atoms with Gasteiger partial charge >= 0.3 is 6.18 Å². The molecular formula is C15H18F3N3. The molecule has 1 fully saturated rings. The van der Waals surface area contributed by atoms with Gasteiger partial charge in [0, 0.05) is 18.8 Å². The van der Waals surface area contributed by atoms with Gasteiger partial charge in [-0.15, -0.1) is 0 Å². The molecule has 1 saturated heterocycles. The van der Waals surface area contributed by atoms with Gasteiger partial charge in [-0.05, 0) is 49.9 Å². The average Bonchev–Trinajstić information content (AvgIpc) is 2.46. The lowest BCUT2D eigenvalue weighted by Crippen LogP contribution is -2.36. The number of anilines is 1. The summed E-state index contributed by atoms with van der Waals surface area (Å²) < 4.78 is 38.4. The first-order valence-corrected chi connectivity index (χ1v) is 7.02. The first-order chi connectivity index (χ1) is 9.95. The summed E-state index contributed by atoms with van der Waals surface area (Å²) in [6.07, 6.45) is -1.48. The van der Waals surface area contributed by atoms with Gasteiger partial charge in [-0.25, -0.2) is 0 Å². The smallest absolute Gasteiger partial charge is 0.371 e. The molecule has 21 heavy (non-hydrogen) atoms. The Hall–Kier alpha value is -1.74. The summed E-state index contributed by atoms with van der Waals surface area (Å²) in [5, 5.41) is 8.96. The van der Waals surface area contributed by atoms with Crippen LogP contribution in [0.2, 0.25) is 0 Å². The molecule has 1 aromatic rings. The summed E-state index contributed by atoms with van der Waals surface area (Å²) in [4.78, 5) is 2.05. The Bertz CT molecular complexity index is 532. The van der Waals surface area contributed by atoms with Gasteiger partial charge in [-0.1, -0.05) is 0 Å². The average molecular weight is 297 g/mol. The topological polar surface area (TPSA) is 53.0 Å². The summed E-state index contributed by atoms with van der Waals surface area (Å²) in [5.74, 6) is 0.469. The van der Waals surface area contributed by atoms with Crippen LogP contribution in [-0.4, -0.2) is 19.6 Å². The van der Waals surface area contributed by atoms with E-state index in [9.17, 15) is 13.2 Å². The Balaban J connectivity index is 2.23. The van der Waals surface area contributed by atoms with Crippen LogP contribution in [0.25, 0.3) is 0 Å². The summed E-state index contributed by atoms with van der Waals surface area (Å²) in [5.41, 5.74) is 5.06. The standard InChI is InChI=1S/C15H18F3N3/c16-15(17,18)14-4-3-13(8-12(14)9-20)21-7-1-2-11(10-21)5-6-19/h3-4,8,11H,1-2,5-7,10,19H2. The van der Waals surface area contributed by atoms with E-state index in [2.05, 4.69) is 0 Å². The van der Waals surface area contributed by atoms with Crippen LogP contribution >= 0.6 is 0 Å². The van der Waals surface area contributed by atoms with Crippen molar-refractivity contribution in [3.63, 3.8) is 0 Å². The van der Waals surface area contributed by atoms with Crippen LogP contribution < -0.4 is 10.6 Å². The van der Waals surface area contributed by atoms with E-state index in [1.807, 2.05) is 4.90 Å². The normalized spacial score (nSPS) is 19.4. The number of benzene rings is 1. The second-order valence-corrected chi connectivity index (χ2v) is 5.37. The number of halogens is 3. The highest BCUT2D eigenvalue weighted by molar-refractivity contribution is 5.55. The van der Waals surface area contributed by atoms with E-state index in [0.29, 0.717) is 18.2 Å². The van der Waals surface area contributed by atoms with Crippen molar-refractivity contribution in [3.8, 4) is 6.07 Å². The first kappa shape index (κ1) is 15.6. The van der Waals surface area contributed by atoms with Crippen molar-refractivity contribution >= 4 is 5.69 Å². The third-order valence-electron chi connectivity index (χ3n) is 3.89. The summed E-state index contributed by atoms with van der Waals surface area (Å²) in [7, 11) is 0. The molecule has 0 aliphatic carbocycles. The molecular weight excluding hydrogens is 279 g/mol. The van der Waals surface area contributed by atoms with Gasteiger partial charge in [0.15, 0.2) is 0 Å². The fourth-order valence-corrected chi connectivity index (χ4v) is 2.84. The van der Waals surface area contributed by atoms with Gasteiger partial charge in [-0.3, -0.25) is 0 Å². The van der Waals surface area contributed by atoms with Crippen LogP contribution in [0.3, 0.4) is 0 Å². The zero-order valence-corrected chi connectivity index (χ0v) is 11.7. The Morgan fingerprint density at radius 1 is 1.38 bits per heavy atom. The molecule has 2 N–H and O–H groups in total. The second-order valence-electron chi connectivity index (χ2n) is 5.37. The fraction of sp³-hybridized carbons (Fsp3) is 0.533. The zero-order valence-electron chi connectivity index (χ0n) is 11.7. The number of nitrogens with zero attached hydrogens (tertiary/aromatic N) is 2. The van der Waals surface area contributed by atoms with Gasteiger partial charge in [-0.2, -0.15) is 18.4 Å². The lowest BCUT2D eigenvalue weighted by Gasteiger charge is -2.34. The minimum absolute atomic E-state index is 0.319. The summed E-state index contributed by atoms with van der Waals surface area (Å²) >= 11 is 0. The molecule has 0 saturated carbocycles. The van der Waals surface area contributed by atoms with Crippen molar-refractivity contribution in [1.82, 2.24) is 0 Å². The van der Waals surface area contributed by atoms with Crippen molar-refractivity contribution in [3.05, 3.63) is 29.3 Å². The number of hydrogen-bond donors (Lipinski definition) is 1. The minimum atomic E-state index is -4.49. The highest BCUT2D eigenvalue weighted by atomic mass is 19.4. The van der Waals surface area contributed by atoms with Crippen LogP contribution in [0, 0.1) is 17.2 Å². The maximum absolute atomic E-state index is 12.8. The molecule has 1 aliphatic rings. The SMILES string of the molecule is N#Cc1cc(N2CCCC(CCN)C2)ccc1C(F)(F)F. The molecule has 1 unspecified atom stereocenters. The first-order valence-electron chi connectivity index (χ1n) is 7.02. The third kappa shape index (κ3) is 3.67. The van der Waals surface area contributed by atoms with Crippen molar-refractivity contribution < 1.29 is 13.2 Å². The van der Waals surface area contributed by atoms with Gasteiger partial charge in [0.2, 0.25) is 0 Å². The molecule has 0 bridgehead atoms. The van der Waals surface area contributed by atoms with E-state index in [0.717, 1.165) is 38.4 Å². The number of piperidine rings is 1. The van der Waals surface area contributed by atoms with Gasteiger partial charge in [0.05, 0.1) is 17.2 Å². The molecule has 1 aliphatic heterocycles. The highest BCUT2D eigenvalue weighted by Gasteiger charge is 2.34. The van der Waals surface area contributed by atoms with E-state index in [1.54, 1.807) is 6.07 Å². The highest BCUT2D eigenvalue weighted by Crippen LogP contribution is 2.34. The predicted octanol–water partition coefficient (Wildman–Crippen LogP) is 3.14. The van der Waals surface area contributed by atoms with Crippen molar-refractivity contribution in [1.29, 1.82) is 5.26 Å². The number of alkyl halides is 3. The molecule has 1 aromatic carbocycles. The molecule has 0 radical (unpaired) electrons. The lowest BCUT2D eigenvalue weighted by molar-refractivity contribution is -0.137. The number of nitrogens with two attached hydrogens (primary N) is 1. The van der Waals surface area contributed by atoms with Crippen LogP contribution in [-0.2, 0) is 6.18 Å². The van der Waals surface area contributed by atoms with E-state index in [1.165, 1.54) is 12.1 Å². The number of nitriles is 1. The van der Waals surface area contributed by atoms with Crippen LogP contribution in [0.15, 0.2) is 18.2 Å². The molecule has 114 valence electrons. The van der Waals surface area contributed by atoms with Crippen molar-refractivity contribution in [2.24, 2.45) is 11.7 Å². The summed E-state index contributed by atoms with van der Waals surface area (Å²) in [6, 6.07) is 5.45. The molecule has 1 atom stereocenters. The minimum Gasteiger partial charge on any atom is -0.371 e. The monoisotopic (exact) mass is 297 g/mol. The lowest BCUT2D eigenvalue weighted by atomic mass is 9.94. The van der Waals surface area contributed by atoms with Crippen molar-refractivity contribution in [2.45, 2.75) is 25.4 Å². The van der Waals surface area contributed by atoms with Crippen LogP contribution in [0.4, 0.5) is 18.9 Å². The third-order valence-corrected chi connectivity index (χ3v) is 3.89. The van der Waals surface area contributed by atoms with E-state index < -0.39 is 11.7 Å². The van der Waals surface area contributed by atoms with E-state index >= 15 is 0 Å². The maximum Gasteiger partial charge on any atom is 0.417 e. The van der Waals surface area contributed by atoms with Gasteiger partial charge in [0.25, 0.3) is 0 Å². The largest absolute Gasteiger partial charge is 0.417 e. The molecule has 3 nitrogen and oxygen atoms in total. The molecule has 0 aromatic heterocycles. The second kappa shape index (κ2) is 6.35.